The van der Waals surface area contributed by atoms with Crippen molar-refractivity contribution in [3.63, 3.8) is 0 Å². The zero-order chi connectivity index (χ0) is 19.4. The maximum atomic E-state index is 12.7. The molecule has 2 aromatic carbocycles. The Hall–Kier alpha value is -2.82. The van der Waals surface area contributed by atoms with Crippen LogP contribution in [0.5, 0.6) is 5.75 Å². The highest BCUT2D eigenvalue weighted by Gasteiger charge is 2.28. The van der Waals surface area contributed by atoms with Crippen molar-refractivity contribution in [1.82, 2.24) is 4.90 Å². The highest BCUT2D eigenvalue weighted by atomic mass is 16.5. The summed E-state index contributed by atoms with van der Waals surface area (Å²) in [6.45, 7) is 5.17. The molecule has 1 saturated heterocycles. The Morgan fingerprint density at radius 1 is 1.07 bits per heavy atom. The fourth-order valence-corrected chi connectivity index (χ4v) is 3.39. The van der Waals surface area contributed by atoms with E-state index < -0.39 is 0 Å². The summed E-state index contributed by atoms with van der Waals surface area (Å²) in [5, 5.41) is 3.05. The summed E-state index contributed by atoms with van der Waals surface area (Å²) in [6, 6.07) is 13.2. The first-order valence-electron chi connectivity index (χ1n) is 9.29. The van der Waals surface area contributed by atoms with Crippen LogP contribution in [0.15, 0.2) is 42.5 Å². The van der Waals surface area contributed by atoms with E-state index in [1.54, 1.807) is 19.2 Å². The molecule has 1 aliphatic rings. The minimum absolute atomic E-state index is 0.0118. The highest BCUT2D eigenvalue weighted by molar-refractivity contribution is 5.96. The summed E-state index contributed by atoms with van der Waals surface area (Å²) in [4.78, 5) is 27.1. The Kier molecular flexibility index (Phi) is 5.79. The number of piperidine rings is 1. The van der Waals surface area contributed by atoms with E-state index in [0.29, 0.717) is 37.2 Å². The molecule has 2 aromatic rings. The van der Waals surface area contributed by atoms with E-state index in [0.717, 1.165) is 16.8 Å². The average Bonchev–Trinajstić information content (AvgIpc) is 2.70. The van der Waals surface area contributed by atoms with E-state index in [-0.39, 0.29) is 17.7 Å². The lowest BCUT2D eigenvalue weighted by molar-refractivity contribution is -0.121. The van der Waals surface area contributed by atoms with Gasteiger partial charge in [-0.1, -0.05) is 18.2 Å². The largest absolute Gasteiger partial charge is 0.497 e. The van der Waals surface area contributed by atoms with Crippen molar-refractivity contribution in [2.24, 2.45) is 5.92 Å². The summed E-state index contributed by atoms with van der Waals surface area (Å²) >= 11 is 0. The zero-order valence-corrected chi connectivity index (χ0v) is 16.1. The van der Waals surface area contributed by atoms with Crippen molar-refractivity contribution in [3.05, 3.63) is 59.2 Å². The number of methoxy groups -OCH3 is 1. The van der Waals surface area contributed by atoms with Crippen LogP contribution in [0, 0.1) is 19.8 Å². The number of nitrogens with one attached hydrogen (secondary N) is 1. The molecule has 5 nitrogen and oxygen atoms in total. The van der Waals surface area contributed by atoms with E-state index in [1.807, 2.05) is 49.1 Å². The molecule has 0 radical (unpaired) electrons. The number of hydrogen-bond acceptors (Lipinski definition) is 3. The van der Waals surface area contributed by atoms with Crippen molar-refractivity contribution < 1.29 is 14.3 Å². The molecule has 142 valence electrons. The number of hydrogen-bond donors (Lipinski definition) is 1. The van der Waals surface area contributed by atoms with Crippen molar-refractivity contribution in [2.45, 2.75) is 26.7 Å². The third kappa shape index (κ3) is 4.48. The number of benzene rings is 2. The van der Waals surface area contributed by atoms with Gasteiger partial charge in [0, 0.05) is 30.3 Å². The lowest BCUT2D eigenvalue weighted by atomic mass is 9.95. The smallest absolute Gasteiger partial charge is 0.253 e. The predicted octanol–water partition coefficient (Wildman–Crippen LogP) is 3.80. The van der Waals surface area contributed by atoms with Gasteiger partial charge in [0.15, 0.2) is 0 Å². The van der Waals surface area contributed by atoms with Gasteiger partial charge in [0.1, 0.15) is 5.75 Å². The lowest BCUT2D eigenvalue weighted by Crippen LogP contribution is -2.41. The van der Waals surface area contributed by atoms with E-state index >= 15 is 0 Å². The molecule has 3 rings (SSSR count). The summed E-state index contributed by atoms with van der Waals surface area (Å²) in [7, 11) is 1.59. The molecule has 0 saturated carbocycles. The maximum Gasteiger partial charge on any atom is 0.253 e. The Balaban J connectivity index is 1.58. The number of carbonyl (C=O) groups is 2. The van der Waals surface area contributed by atoms with Crippen LogP contribution in [-0.4, -0.2) is 36.9 Å². The second-order valence-corrected chi connectivity index (χ2v) is 7.11. The normalized spacial score (nSPS) is 14.7. The van der Waals surface area contributed by atoms with Gasteiger partial charge in [-0.15, -0.1) is 0 Å². The van der Waals surface area contributed by atoms with E-state index in [1.165, 1.54) is 0 Å². The van der Waals surface area contributed by atoms with E-state index in [2.05, 4.69) is 5.32 Å². The Labute approximate surface area is 160 Å². The van der Waals surface area contributed by atoms with Crippen molar-refractivity contribution in [2.75, 3.05) is 25.5 Å². The van der Waals surface area contributed by atoms with Gasteiger partial charge in [-0.2, -0.15) is 0 Å². The molecular weight excluding hydrogens is 340 g/mol. The number of amides is 2. The fourth-order valence-electron chi connectivity index (χ4n) is 3.39. The number of carbonyl (C=O) groups excluding carboxylic acids is 2. The van der Waals surface area contributed by atoms with Crippen molar-refractivity contribution in [3.8, 4) is 5.75 Å². The molecule has 1 heterocycles. The third-order valence-corrected chi connectivity index (χ3v) is 5.12. The van der Waals surface area contributed by atoms with E-state index in [9.17, 15) is 9.59 Å². The fraction of sp³-hybridized carbons (Fsp3) is 0.364. The maximum absolute atomic E-state index is 12.7. The van der Waals surface area contributed by atoms with Crippen molar-refractivity contribution >= 4 is 17.5 Å². The molecule has 1 N–H and O–H groups in total. The van der Waals surface area contributed by atoms with Gasteiger partial charge in [-0.05, 0) is 62.1 Å². The molecule has 0 bridgehead atoms. The number of ether oxygens (including phenoxy) is 1. The molecule has 1 fully saturated rings. The number of likely N-dealkylation sites (tertiary alicyclic amines) is 1. The van der Waals surface area contributed by atoms with Gasteiger partial charge in [-0.3, -0.25) is 9.59 Å². The molecule has 0 aromatic heterocycles. The number of nitrogens with zero attached hydrogens (tertiary/aromatic N) is 1. The zero-order valence-electron chi connectivity index (χ0n) is 16.1. The van der Waals surface area contributed by atoms with Gasteiger partial charge in [0.2, 0.25) is 5.91 Å². The predicted molar refractivity (Wildman–Crippen MR) is 106 cm³/mol. The number of aryl methyl sites for hydroxylation is 2. The summed E-state index contributed by atoms with van der Waals surface area (Å²) in [5.41, 5.74) is 3.66. The molecule has 5 heteroatoms. The molecular formula is C22H26N2O3. The standard InChI is InChI=1S/C22H26N2O3/c1-15-7-8-16(2)20(13-15)23-21(25)17-9-11-24(12-10-17)22(26)18-5-4-6-19(14-18)27-3/h4-8,13-14,17H,9-12H2,1-3H3,(H,23,25). The van der Waals surface area contributed by atoms with Crippen molar-refractivity contribution in [1.29, 1.82) is 0 Å². The van der Waals surface area contributed by atoms with E-state index in [4.69, 9.17) is 4.74 Å². The van der Waals surface area contributed by atoms with Crippen LogP contribution in [0.4, 0.5) is 5.69 Å². The van der Waals surface area contributed by atoms with Gasteiger partial charge in [-0.25, -0.2) is 0 Å². The first-order valence-corrected chi connectivity index (χ1v) is 9.29. The SMILES string of the molecule is COc1cccc(C(=O)N2CCC(C(=O)Nc3cc(C)ccc3C)CC2)c1. The molecule has 0 unspecified atom stereocenters. The summed E-state index contributed by atoms with van der Waals surface area (Å²) < 4.78 is 5.19. The van der Waals surface area contributed by atoms with Gasteiger partial charge in [0.05, 0.1) is 7.11 Å². The van der Waals surface area contributed by atoms with Gasteiger partial charge >= 0.3 is 0 Å². The van der Waals surface area contributed by atoms with Crippen LogP contribution in [0.25, 0.3) is 0 Å². The van der Waals surface area contributed by atoms with Gasteiger partial charge in [0.25, 0.3) is 5.91 Å². The van der Waals surface area contributed by atoms with Crippen LogP contribution in [-0.2, 0) is 4.79 Å². The van der Waals surface area contributed by atoms with Crippen LogP contribution in [0.2, 0.25) is 0 Å². The summed E-state index contributed by atoms with van der Waals surface area (Å²) in [6.07, 6.45) is 1.35. The lowest BCUT2D eigenvalue weighted by Gasteiger charge is -2.31. The Morgan fingerprint density at radius 2 is 1.81 bits per heavy atom. The topological polar surface area (TPSA) is 58.6 Å². The number of anilines is 1. The number of rotatable bonds is 4. The Bertz CT molecular complexity index is 839. The average molecular weight is 366 g/mol. The van der Waals surface area contributed by atoms with Crippen LogP contribution in [0.3, 0.4) is 0 Å². The van der Waals surface area contributed by atoms with Crippen LogP contribution < -0.4 is 10.1 Å². The van der Waals surface area contributed by atoms with Gasteiger partial charge < -0.3 is 15.0 Å². The summed E-state index contributed by atoms with van der Waals surface area (Å²) in [5.74, 6) is 0.627. The first-order chi connectivity index (χ1) is 13.0. The molecule has 2 amide bonds. The second-order valence-electron chi connectivity index (χ2n) is 7.11. The highest BCUT2D eigenvalue weighted by Crippen LogP contribution is 2.23. The van der Waals surface area contributed by atoms with Crippen LogP contribution >= 0.6 is 0 Å². The quantitative estimate of drug-likeness (QED) is 0.895. The third-order valence-electron chi connectivity index (χ3n) is 5.12. The first kappa shape index (κ1) is 19.0. The molecule has 27 heavy (non-hydrogen) atoms. The molecule has 0 aliphatic carbocycles. The molecule has 0 spiro atoms. The van der Waals surface area contributed by atoms with Crippen LogP contribution in [0.1, 0.15) is 34.3 Å². The Morgan fingerprint density at radius 3 is 2.52 bits per heavy atom. The minimum Gasteiger partial charge on any atom is -0.497 e. The monoisotopic (exact) mass is 366 g/mol. The minimum atomic E-state index is -0.0701. The second kappa shape index (κ2) is 8.25. The molecule has 0 atom stereocenters. The molecule has 1 aliphatic heterocycles.